The second kappa shape index (κ2) is 11.3. The van der Waals surface area contributed by atoms with Gasteiger partial charge in [0.25, 0.3) is 17.7 Å². The van der Waals surface area contributed by atoms with Gasteiger partial charge in [-0.2, -0.15) is 10.5 Å². The van der Waals surface area contributed by atoms with E-state index in [0.717, 1.165) is 10.5 Å². The molecule has 1 N–H and O–H groups in total. The van der Waals surface area contributed by atoms with E-state index < -0.39 is 23.9 Å². The van der Waals surface area contributed by atoms with E-state index in [9.17, 15) is 30.0 Å². The third-order valence-electron chi connectivity index (χ3n) is 10.4. The van der Waals surface area contributed by atoms with Crippen LogP contribution in [0.15, 0.2) is 84.9 Å². The van der Waals surface area contributed by atoms with Gasteiger partial charge in [0.2, 0.25) is 0 Å². The zero-order chi connectivity index (χ0) is 36.0. The van der Waals surface area contributed by atoms with Gasteiger partial charge in [0.05, 0.1) is 43.0 Å². The maximum Gasteiger partial charge on any atom is 0.263 e. The molecule has 0 fully saturated rings. The van der Waals surface area contributed by atoms with E-state index in [1.807, 2.05) is 18.2 Å². The lowest BCUT2D eigenvalue weighted by Crippen LogP contribution is -2.40. The summed E-state index contributed by atoms with van der Waals surface area (Å²) < 4.78 is 10.5. The van der Waals surface area contributed by atoms with Gasteiger partial charge >= 0.3 is 0 Å². The standard InChI is InChI=1S/C42H26N4O6/c1-51-25-7-3-21(4-8-25)19-45-39(47)29-13-11-27-32-16-24(18-44)34-38-30(40(48)46(42(34)50)20-22-5-9-26(52-2)10-6-22)14-12-28(36(32)38)31-15-23(17-43)33(41(45)49)37(29)35(27)31/h3-16,39,47H,19-20H2,1-2H3. The Kier molecular flexibility index (Phi) is 6.71. The van der Waals surface area contributed by atoms with Gasteiger partial charge in [-0.3, -0.25) is 19.3 Å². The van der Waals surface area contributed by atoms with Crippen LogP contribution in [0.25, 0.3) is 43.1 Å². The van der Waals surface area contributed by atoms with Crippen molar-refractivity contribution in [2.24, 2.45) is 0 Å². The van der Waals surface area contributed by atoms with Crippen molar-refractivity contribution in [1.82, 2.24) is 9.80 Å². The van der Waals surface area contributed by atoms with Gasteiger partial charge in [-0.05, 0) is 85.9 Å². The van der Waals surface area contributed by atoms with E-state index in [-0.39, 0.29) is 40.9 Å². The zero-order valence-electron chi connectivity index (χ0n) is 27.9. The van der Waals surface area contributed by atoms with Crippen LogP contribution in [0.5, 0.6) is 11.5 Å². The van der Waals surface area contributed by atoms with E-state index in [2.05, 4.69) is 12.1 Å². The maximum absolute atomic E-state index is 14.2. The molecule has 0 saturated heterocycles. The van der Waals surface area contributed by atoms with Crippen molar-refractivity contribution in [2.45, 2.75) is 19.3 Å². The number of amides is 3. The molecule has 0 saturated carbocycles. The highest BCUT2D eigenvalue weighted by Crippen LogP contribution is 2.49. The van der Waals surface area contributed by atoms with E-state index in [1.165, 1.54) is 4.90 Å². The van der Waals surface area contributed by atoms with Crippen LogP contribution in [-0.2, 0) is 13.1 Å². The summed E-state index contributed by atoms with van der Waals surface area (Å²) in [5, 5.41) is 37.3. The number of imide groups is 1. The number of nitrogens with zero attached hydrogens (tertiary/aromatic N) is 4. The highest BCUT2D eigenvalue weighted by Gasteiger charge is 2.39. The van der Waals surface area contributed by atoms with Crippen LogP contribution >= 0.6 is 0 Å². The Labute approximate surface area is 296 Å². The fourth-order valence-electron chi connectivity index (χ4n) is 7.98. The fraction of sp³-hybridized carbons (Fsp3) is 0.119. The van der Waals surface area contributed by atoms with E-state index >= 15 is 0 Å². The van der Waals surface area contributed by atoms with E-state index in [1.54, 1.807) is 80.9 Å². The molecule has 2 aliphatic rings. The molecule has 0 aromatic heterocycles. The van der Waals surface area contributed by atoms with Crippen molar-refractivity contribution in [1.29, 1.82) is 10.5 Å². The third-order valence-corrected chi connectivity index (χ3v) is 10.4. The summed E-state index contributed by atoms with van der Waals surface area (Å²) in [7, 11) is 3.12. The second-order valence-electron chi connectivity index (χ2n) is 13.0. The molecule has 10 heteroatoms. The highest BCUT2D eigenvalue weighted by molar-refractivity contribution is 6.40. The maximum atomic E-state index is 14.2. The van der Waals surface area contributed by atoms with Crippen LogP contribution in [0.2, 0.25) is 0 Å². The first-order valence-corrected chi connectivity index (χ1v) is 16.5. The van der Waals surface area contributed by atoms with Crippen molar-refractivity contribution >= 4 is 60.8 Å². The highest BCUT2D eigenvalue weighted by atomic mass is 16.5. The summed E-state index contributed by atoms with van der Waals surface area (Å²) in [6.07, 6.45) is -1.31. The first-order chi connectivity index (χ1) is 25.3. The number of rotatable bonds is 6. The summed E-state index contributed by atoms with van der Waals surface area (Å²) in [4.78, 5) is 45.0. The number of hydrogen-bond donors (Lipinski definition) is 1. The number of carbonyl (C=O) groups excluding carboxylic acids is 3. The number of methoxy groups -OCH3 is 2. The quantitative estimate of drug-likeness (QED) is 0.113. The molecule has 1 unspecified atom stereocenters. The number of ether oxygens (including phenoxy) is 2. The van der Waals surface area contributed by atoms with Crippen molar-refractivity contribution in [3.8, 4) is 23.6 Å². The van der Waals surface area contributed by atoms with Crippen LogP contribution in [0, 0.1) is 22.7 Å². The first kappa shape index (κ1) is 31.0. The van der Waals surface area contributed by atoms with Gasteiger partial charge in [-0.15, -0.1) is 0 Å². The van der Waals surface area contributed by atoms with Gasteiger partial charge in [-0.25, -0.2) is 0 Å². The molecule has 0 radical (unpaired) electrons. The van der Waals surface area contributed by atoms with Crippen LogP contribution < -0.4 is 9.47 Å². The number of nitriles is 2. The molecule has 7 aromatic carbocycles. The molecule has 2 aliphatic heterocycles. The average molecular weight is 683 g/mol. The molecule has 10 nitrogen and oxygen atoms in total. The molecule has 1 atom stereocenters. The molecule has 2 heterocycles. The van der Waals surface area contributed by atoms with Gasteiger partial charge in [-0.1, -0.05) is 42.5 Å². The summed E-state index contributed by atoms with van der Waals surface area (Å²) in [5.41, 5.74) is 2.81. The van der Waals surface area contributed by atoms with Crippen molar-refractivity contribution < 1.29 is 29.0 Å². The molecule has 250 valence electrons. The van der Waals surface area contributed by atoms with Crippen LogP contribution in [0.3, 0.4) is 0 Å². The number of carbonyl (C=O) groups is 3. The summed E-state index contributed by atoms with van der Waals surface area (Å²) >= 11 is 0. The van der Waals surface area contributed by atoms with Crippen LogP contribution in [0.4, 0.5) is 0 Å². The number of aliphatic hydroxyl groups excluding tert-OH is 1. The minimum Gasteiger partial charge on any atom is -0.497 e. The first-order valence-electron chi connectivity index (χ1n) is 16.5. The van der Waals surface area contributed by atoms with E-state index in [4.69, 9.17) is 9.47 Å². The van der Waals surface area contributed by atoms with Gasteiger partial charge in [0.15, 0.2) is 6.23 Å². The number of hydrogen-bond acceptors (Lipinski definition) is 8. The zero-order valence-corrected chi connectivity index (χ0v) is 27.9. The predicted octanol–water partition coefficient (Wildman–Crippen LogP) is 6.94. The van der Waals surface area contributed by atoms with E-state index in [0.29, 0.717) is 65.7 Å². The second-order valence-corrected chi connectivity index (χ2v) is 13.0. The molecular weight excluding hydrogens is 656 g/mol. The molecule has 52 heavy (non-hydrogen) atoms. The minimum absolute atomic E-state index is 0.00201. The smallest absolute Gasteiger partial charge is 0.263 e. The number of fused-ring (bicyclic) bond motifs is 2. The monoisotopic (exact) mass is 682 g/mol. The van der Waals surface area contributed by atoms with Gasteiger partial charge in [0, 0.05) is 28.4 Å². The fourth-order valence-corrected chi connectivity index (χ4v) is 7.98. The van der Waals surface area contributed by atoms with Crippen LogP contribution in [0.1, 0.15) is 65.1 Å². The Bertz CT molecular complexity index is 2810. The van der Waals surface area contributed by atoms with Gasteiger partial charge < -0.3 is 19.5 Å². The number of aliphatic hydroxyl groups is 1. The predicted molar refractivity (Wildman–Crippen MR) is 192 cm³/mol. The van der Waals surface area contributed by atoms with Crippen molar-refractivity contribution in [3.05, 3.63) is 129 Å². The third kappa shape index (κ3) is 4.16. The Balaban J connectivity index is 1.26. The van der Waals surface area contributed by atoms with Crippen LogP contribution in [-0.4, -0.2) is 46.8 Å². The molecular formula is C42H26N4O6. The molecule has 3 amide bonds. The SMILES string of the molecule is COc1ccc(CN2C(=O)c3ccc4c5cc(C#N)c6c7c(ccc(c8cc(C#N)c(c3c84)C2=O)c75)C(O)N(Cc2ccc(OC)cc2)C6=O)cc1. The topological polar surface area (TPSA) is 144 Å². The molecule has 9 rings (SSSR count). The lowest BCUT2D eigenvalue weighted by Gasteiger charge is -2.35. The number of benzene rings is 7. The minimum atomic E-state index is -1.31. The molecule has 0 aliphatic carbocycles. The largest absolute Gasteiger partial charge is 0.497 e. The van der Waals surface area contributed by atoms with Gasteiger partial charge in [0.1, 0.15) is 23.6 Å². The Hall–Kier alpha value is -7.01. The Morgan fingerprint density at radius 2 is 1.13 bits per heavy atom. The summed E-state index contributed by atoms with van der Waals surface area (Å²) in [6, 6.07) is 29.0. The lowest BCUT2D eigenvalue weighted by atomic mass is 9.80. The molecule has 0 spiro atoms. The normalized spacial score (nSPS) is 15.2. The summed E-state index contributed by atoms with van der Waals surface area (Å²) in [6.45, 7) is 0.0953. The average Bonchev–Trinajstić information content (AvgIpc) is 3.18. The Morgan fingerprint density at radius 1 is 0.615 bits per heavy atom. The van der Waals surface area contributed by atoms with Crippen molar-refractivity contribution in [3.63, 3.8) is 0 Å². The Morgan fingerprint density at radius 3 is 1.69 bits per heavy atom. The van der Waals surface area contributed by atoms with Crippen molar-refractivity contribution in [2.75, 3.05) is 14.2 Å². The lowest BCUT2D eigenvalue weighted by molar-refractivity contribution is 0.000858. The molecule has 0 bridgehead atoms. The molecule has 7 aromatic rings. The summed E-state index contributed by atoms with van der Waals surface area (Å²) in [5.74, 6) is -0.252.